The van der Waals surface area contributed by atoms with Gasteiger partial charge in [0.25, 0.3) is 0 Å². The number of piperidine rings is 2. The molecule has 2 unspecified atom stereocenters. The number of anilines is 1. The summed E-state index contributed by atoms with van der Waals surface area (Å²) in [6.07, 6.45) is 6.34. The first-order valence-corrected chi connectivity index (χ1v) is 16.5. The fraction of sp³-hybridized carbons (Fsp3) is 0.438. The lowest BCUT2D eigenvalue weighted by Gasteiger charge is -2.33. The third-order valence-corrected chi connectivity index (χ3v) is 12.4. The van der Waals surface area contributed by atoms with Crippen LogP contribution in [0.15, 0.2) is 70.1 Å². The number of carboxylic acids is 1. The number of rotatable bonds is 8. The van der Waals surface area contributed by atoms with Gasteiger partial charge in [0.1, 0.15) is 17.5 Å². The predicted octanol–water partition coefficient (Wildman–Crippen LogP) is 4.89. The van der Waals surface area contributed by atoms with E-state index in [0.717, 1.165) is 30.7 Å². The standard InChI is InChI=1S/C32H36N4O8S/c1-19-27(33-31(40)43-20(2)21-8-6-5-7-9-21)29(44-34-19)23-14-16-35(17-15-23)24-12-10-22-11-13-26(37)36(25(18-24)28(22)36)45(41,42)32(3,4)30(38)39/h5-10,12,18,20,23,28H,11,13-17H2,1-4H3,(H-,33,38,39,40)/p+1/t20-,28?,36?/m1/s1. The Morgan fingerprint density at radius 1 is 1.16 bits per heavy atom. The molecule has 1 aliphatic carbocycles. The summed E-state index contributed by atoms with van der Waals surface area (Å²) in [4.78, 5) is 40.2. The quantitative estimate of drug-likeness (QED) is 0.302. The number of carbonyl (C=O) groups is 3. The Labute approximate surface area is 261 Å². The van der Waals surface area contributed by atoms with Crippen molar-refractivity contribution in [2.45, 2.75) is 76.2 Å². The highest BCUT2D eigenvalue weighted by molar-refractivity contribution is 7.88. The molecule has 6 rings (SSSR count). The van der Waals surface area contributed by atoms with Crippen molar-refractivity contribution in [3.63, 3.8) is 0 Å². The molecule has 0 saturated carbocycles. The number of ether oxygens (including phenoxy) is 1. The van der Waals surface area contributed by atoms with Gasteiger partial charge in [-0.2, -0.15) is 8.42 Å². The molecule has 2 amide bonds. The van der Waals surface area contributed by atoms with Gasteiger partial charge < -0.3 is 19.3 Å². The molecule has 0 radical (unpaired) electrons. The van der Waals surface area contributed by atoms with Gasteiger partial charge in [-0.05, 0) is 58.6 Å². The number of likely N-dealkylation sites (tertiary alicyclic amines) is 1. The van der Waals surface area contributed by atoms with Crippen molar-refractivity contribution in [3.05, 3.63) is 82.5 Å². The molecule has 0 spiro atoms. The smallest absolute Gasteiger partial charge is 0.412 e. The Kier molecular flexibility index (Phi) is 7.51. The number of hydrogen-bond acceptors (Lipinski definition) is 9. The largest absolute Gasteiger partial charge is 0.480 e. The molecule has 238 valence electrons. The van der Waals surface area contributed by atoms with Crippen LogP contribution in [0.2, 0.25) is 0 Å². The van der Waals surface area contributed by atoms with Crippen molar-refractivity contribution >= 4 is 33.7 Å². The van der Waals surface area contributed by atoms with Crippen molar-refractivity contribution in [2.75, 3.05) is 18.4 Å². The molecule has 3 atom stereocenters. The second-order valence-electron chi connectivity index (χ2n) is 12.5. The number of allylic oxidation sites excluding steroid dienone is 3. The van der Waals surface area contributed by atoms with Crippen LogP contribution in [0.4, 0.5) is 10.5 Å². The number of aryl methyl sites for hydroxylation is 1. The summed E-state index contributed by atoms with van der Waals surface area (Å²) in [6.45, 7) is 7.04. The molecule has 12 nitrogen and oxygen atoms in total. The summed E-state index contributed by atoms with van der Waals surface area (Å²) in [7, 11) is -4.47. The zero-order chi connectivity index (χ0) is 32.3. The molecule has 4 aliphatic rings. The fourth-order valence-electron chi connectivity index (χ4n) is 6.68. The van der Waals surface area contributed by atoms with Crippen molar-refractivity contribution in [3.8, 4) is 0 Å². The number of aromatic nitrogens is 1. The first-order valence-electron chi connectivity index (χ1n) is 15.1. The minimum atomic E-state index is -4.47. The maximum Gasteiger partial charge on any atom is 0.412 e. The molecule has 3 saturated heterocycles. The van der Waals surface area contributed by atoms with E-state index in [9.17, 15) is 27.9 Å². The Bertz CT molecular complexity index is 1770. The number of benzene rings is 1. The van der Waals surface area contributed by atoms with E-state index in [-0.39, 0.29) is 12.3 Å². The van der Waals surface area contributed by atoms with Crippen LogP contribution in [0.5, 0.6) is 0 Å². The summed E-state index contributed by atoms with van der Waals surface area (Å²) < 4.78 is 35.8. The van der Waals surface area contributed by atoms with Gasteiger partial charge in [0.05, 0.1) is 6.42 Å². The second-order valence-corrected chi connectivity index (χ2v) is 15.0. The van der Waals surface area contributed by atoms with Gasteiger partial charge in [0.15, 0.2) is 11.5 Å². The molecular weight excluding hydrogens is 600 g/mol. The van der Waals surface area contributed by atoms with E-state index in [4.69, 9.17) is 9.26 Å². The van der Waals surface area contributed by atoms with E-state index in [0.29, 0.717) is 55.2 Å². The van der Waals surface area contributed by atoms with Crippen LogP contribution in [0.3, 0.4) is 0 Å². The van der Waals surface area contributed by atoms with Crippen LogP contribution in [-0.4, -0.2) is 69.3 Å². The van der Waals surface area contributed by atoms with Gasteiger partial charge in [-0.1, -0.05) is 41.6 Å². The Morgan fingerprint density at radius 3 is 2.51 bits per heavy atom. The summed E-state index contributed by atoms with van der Waals surface area (Å²) >= 11 is 0. The van der Waals surface area contributed by atoms with Crippen LogP contribution in [0.1, 0.15) is 75.5 Å². The van der Waals surface area contributed by atoms with E-state index in [1.165, 1.54) is 0 Å². The zero-order valence-electron chi connectivity index (χ0n) is 25.6. The van der Waals surface area contributed by atoms with E-state index >= 15 is 0 Å². The second kappa shape index (κ2) is 11.0. The van der Waals surface area contributed by atoms with Gasteiger partial charge in [0, 0.05) is 36.4 Å². The maximum absolute atomic E-state index is 13.8. The lowest BCUT2D eigenvalue weighted by Crippen LogP contribution is -2.55. The van der Waals surface area contributed by atoms with E-state index in [1.807, 2.05) is 42.5 Å². The molecule has 1 aromatic heterocycles. The molecule has 0 bridgehead atoms. The number of fused-ring (bicyclic) bond motifs is 1. The number of quaternary nitrogens is 1. The van der Waals surface area contributed by atoms with Gasteiger partial charge in [-0.3, -0.25) is 10.1 Å². The molecular formula is C32H37N4O8S+. The summed E-state index contributed by atoms with van der Waals surface area (Å²) in [5, 5.41) is 16.7. The summed E-state index contributed by atoms with van der Waals surface area (Å²) in [5.74, 6) is -1.44. The van der Waals surface area contributed by atoms with Gasteiger partial charge in [-0.15, -0.1) is 3.89 Å². The van der Waals surface area contributed by atoms with E-state index < -0.39 is 48.8 Å². The van der Waals surface area contributed by atoms with Gasteiger partial charge in [-0.25, -0.2) is 9.59 Å². The zero-order valence-corrected chi connectivity index (χ0v) is 26.5. The molecule has 3 fully saturated rings. The SMILES string of the molecule is Cc1noc(C2CCN(C3=CC=C4CCC(=O)[N+]5(S(=O)(=O)C(C)(C)C(=O)O)C(=C3)C45)CC2)c1NC(=O)O[C@H](C)c1ccccc1. The summed E-state index contributed by atoms with van der Waals surface area (Å²) in [6, 6.07) is 8.75. The Morgan fingerprint density at radius 2 is 1.84 bits per heavy atom. The number of carbonyl (C=O) groups excluding carboxylic acids is 2. The lowest BCUT2D eigenvalue weighted by atomic mass is 9.92. The molecule has 13 heteroatoms. The number of aliphatic carboxylic acids is 1. The van der Waals surface area contributed by atoms with Crippen LogP contribution in [0, 0.1) is 6.92 Å². The maximum atomic E-state index is 13.8. The lowest BCUT2D eigenvalue weighted by molar-refractivity contribution is -0.574. The number of nitrogens with one attached hydrogen (secondary N) is 1. The third kappa shape index (κ3) is 4.80. The molecule has 2 aromatic rings. The molecule has 1 aromatic carbocycles. The normalized spacial score (nSPS) is 24.0. The first kappa shape index (κ1) is 30.8. The third-order valence-electron chi connectivity index (χ3n) is 9.51. The average molecular weight is 638 g/mol. The highest BCUT2D eigenvalue weighted by atomic mass is 32.2. The predicted molar refractivity (Wildman–Crippen MR) is 163 cm³/mol. The number of sulfonamides is 1. The van der Waals surface area contributed by atoms with Crippen molar-refractivity contribution in [1.29, 1.82) is 0 Å². The van der Waals surface area contributed by atoms with Crippen LogP contribution in [-0.2, 0) is 24.3 Å². The van der Waals surface area contributed by atoms with Crippen LogP contribution >= 0.6 is 0 Å². The van der Waals surface area contributed by atoms with Crippen LogP contribution in [0.25, 0.3) is 0 Å². The Balaban J connectivity index is 1.17. The van der Waals surface area contributed by atoms with Gasteiger partial charge >= 0.3 is 28.0 Å². The van der Waals surface area contributed by atoms with Gasteiger partial charge in [0.2, 0.25) is 10.8 Å². The summed E-state index contributed by atoms with van der Waals surface area (Å²) in [5.41, 5.74) is 3.91. The fourth-order valence-corrected chi connectivity index (χ4v) is 8.88. The highest BCUT2D eigenvalue weighted by Gasteiger charge is 2.81. The van der Waals surface area contributed by atoms with Crippen LogP contribution < -0.4 is 5.32 Å². The average Bonchev–Trinajstić information content (AvgIpc) is 3.64. The van der Waals surface area contributed by atoms with Crippen molar-refractivity contribution in [1.82, 2.24) is 10.1 Å². The van der Waals surface area contributed by atoms with E-state index in [2.05, 4.69) is 15.4 Å². The number of amides is 2. The topological polar surface area (TPSA) is 156 Å². The monoisotopic (exact) mass is 637 g/mol. The first-order chi connectivity index (χ1) is 21.3. The van der Waals surface area contributed by atoms with Crippen molar-refractivity contribution < 1.29 is 41.1 Å². The van der Waals surface area contributed by atoms with Crippen molar-refractivity contribution in [2.24, 2.45) is 0 Å². The number of carboxylic acid groups (broad SMARTS) is 1. The molecule has 4 heterocycles. The molecule has 45 heavy (non-hydrogen) atoms. The molecule has 2 N–H and O–H groups in total. The minimum absolute atomic E-state index is 0.0322. The minimum Gasteiger partial charge on any atom is -0.480 e. The highest BCUT2D eigenvalue weighted by Crippen LogP contribution is 2.60. The molecule has 3 aliphatic heterocycles. The number of hydrogen-bond donors (Lipinski definition) is 2. The van der Waals surface area contributed by atoms with E-state index in [1.54, 1.807) is 19.9 Å². The number of nitrogens with zero attached hydrogens (tertiary/aromatic N) is 3. The Hall–Kier alpha value is -4.23.